The first-order valence-electron chi connectivity index (χ1n) is 6.53. The molecule has 0 saturated heterocycles. The van der Waals surface area contributed by atoms with Gasteiger partial charge in [-0.25, -0.2) is 4.39 Å². The Kier molecular flexibility index (Phi) is 5.58. The molecule has 0 amide bonds. The molecular formula is C16H16BrClFN. The van der Waals surface area contributed by atoms with E-state index < -0.39 is 0 Å². The smallest absolute Gasteiger partial charge is 0.129 e. The van der Waals surface area contributed by atoms with Crippen molar-refractivity contribution in [3.63, 3.8) is 0 Å². The number of hydrogen-bond acceptors (Lipinski definition) is 1. The average Bonchev–Trinajstić information content (AvgIpc) is 2.44. The molecule has 0 spiro atoms. The summed E-state index contributed by atoms with van der Waals surface area (Å²) in [4.78, 5) is 0. The summed E-state index contributed by atoms with van der Waals surface area (Å²) < 4.78 is 14.8. The van der Waals surface area contributed by atoms with Crippen LogP contribution in [0.1, 0.15) is 30.5 Å². The van der Waals surface area contributed by atoms with Crippen LogP contribution in [0.5, 0.6) is 0 Å². The zero-order valence-corrected chi connectivity index (χ0v) is 13.5. The van der Waals surface area contributed by atoms with Crippen LogP contribution >= 0.6 is 27.5 Å². The number of rotatable bonds is 5. The van der Waals surface area contributed by atoms with Crippen LogP contribution in [0, 0.1) is 5.82 Å². The van der Waals surface area contributed by atoms with Crippen molar-refractivity contribution in [2.75, 3.05) is 0 Å². The largest absolute Gasteiger partial charge is 0.306 e. The monoisotopic (exact) mass is 355 g/mol. The Hall–Kier alpha value is -0.900. The van der Waals surface area contributed by atoms with Gasteiger partial charge < -0.3 is 5.32 Å². The zero-order valence-electron chi connectivity index (χ0n) is 11.2. The average molecular weight is 357 g/mol. The SMILES string of the molecule is CCC(NCc1c(F)cccc1Cl)c1ccc(Br)cc1. The Balaban J connectivity index is 2.09. The van der Waals surface area contributed by atoms with Gasteiger partial charge in [-0.05, 0) is 36.2 Å². The van der Waals surface area contributed by atoms with Crippen LogP contribution in [0.3, 0.4) is 0 Å². The van der Waals surface area contributed by atoms with Crippen LogP contribution in [-0.4, -0.2) is 0 Å². The van der Waals surface area contributed by atoms with Crippen molar-refractivity contribution in [2.45, 2.75) is 25.9 Å². The molecule has 0 radical (unpaired) electrons. The lowest BCUT2D eigenvalue weighted by atomic mass is 10.0. The lowest BCUT2D eigenvalue weighted by Crippen LogP contribution is -2.21. The van der Waals surface area contributed by atoms with Crippen molar-refractivity contribution >= 4 is 27.5 Å². The second-order valence-electron chi connectivity index (χ2n) is 4.59. The highest BCUT2D eigenvalue weighted by Gasteiger charge is 2.12. The van der Waals surface area contributed by atoms with Crippen molar-refractivity contribution in [3.05, 3.63) is 68.9 Å². The fraction of sp³-hybridized carbons (Fsp3) is 0.250. The Morgan fingerprint density at radius 3 is 2.50 bits per heavy atom. The normalized spacial score (nSPS) is 12.4. The summed E-state index contributed by atoms with van der Waals surface area (Å²) in [5.74, 6) is -0.268. The molecule has 4 heteroatoms. The molecule has 106 valence electrons. The van der Waals surface area contributed by atoms with Gasteiger partial charge in [0.05, 0.1) is 0 Å². The molecule has 2 rings (SSSR count). The predicted octanol–water partition coefficient (Wildman–Crippen LogP) is 5.48. The van der Waals surface area contributed by atoms with Crippen LogP contribution in [0.2, 0.25) is 5.02 Å². The van der Waals surface area contributed by atoms with Gasteiger partial charge in [-0.2, -0.15) is 0 Å². The highest BCUT2D eigenvalue weighted by molar-refractivity contribution is 9.10. The van der Waals surface area contributed by atoms with Gasteiger partial charge in [0.1, 0.15) is 5.82 Å². The van der Waals surface area contributed by atoms with E-state index in [1.807, 2.05) is 12.1 Å². The van der Waals surface area contributed by atoms with Crippen molar-refractivity contribution in [3.8, 4) is 0 Å². The van der Waals surface area contributed by atoms with Gasteiger partial charge in [-0.1, -0.05) is 52.7 Å². The Morgan fingerprint density at radius 2 is 1.90 bits per heavy atom. The number of nitrogens with one attached hydrogen (secondary N) is 1. The summed E-state index contributed by atoms with van der Waals surface area (Å²) in [5, 5.41) is 3.82. The quantitative estimate of drug-likeness (QED) is 0.747. The van der Waals surface area contributed by atoms with E-state index in [9.17, 15) is 4.39 Å². The van der Waals surface area contributed by atoms with Gasteiger partial charge in [0.2, 0.25) is 0 Å². The molecule has 2 aromatic rings. The fourth-order valence-electron chi connectivity index (χ4n) is 2.12. The van der Waals surface area contributed by atoms with Crippen LogP contribution < -0.4 is 5.32 Å². The van der Waals surface area contributed by atoms with Gasteiger partial charge >= 0.3 is 0 Å². The van der Waals surface area contributed by atoms with Crippen LogP contribution in [0.15, 0.2) is 46.9 Å². The maximum Gasteiger partial charge on any atom is 0.129 e. The van der Waals surface area contributed by atoms with E-state index in [-0.39, 0.29) is 11.9 Å². The molecule has 0 heterocycles. The third-order valence-electron chi connectivity index (χ3n) is 3.27. The fourth-order valence-corrected chi connectivity index (χ4v) is 2.61. The van der Waals surface area contributed by atoms with Crippen molar-refractivity contribution in [1.82, 2.24) is 5.32 Å². The maximum atomic E-state index is 13.7. The number of benzene rings is 2. The molecule has 0 fully saturated rings. The topological polar surface area (TPSA) is 12.0 Å². The lowest BCUT2D eigenvalue weighted by Gasteiger charge is -2.18. The molecule has 0 aliphatic rings. The molecule has 1 N–H and O–H groups in total. The molecule has 20 heavy (non-hydrogen) atoms. The molecule has 0 aromatic heterocycles. The van der Waals surface area contributed by atoms with Crippen molar-refractivity contribution in [2.24, 2.45) is 0 Å². The summed E-state index contributed by atoms with van der Waals surface area (Å²) in [7, 11) is 0. The van der Waals surface area contributed by atoms with Crippen LogP contribution in [0.25, 0.3) is 0 Å². The van der Waals surface area contributed by atoms with E-state index in [0.717, 1.165) is 10.9 Å². The molecule has 1 nitrogen and oxygen atoms in total. The molecule has 0 aliphatic carbocycles. The molecular weight excluding hydrogens is 341 g/mol. The first-order valence-corrected chi connectivity index (χ1v) is 7.70. The van der Waals surface area contributed by atoms with Crippen molar-refractivity contribution < 1.29 is 4.39 Å². The third-order valence-corrected chi connectivity index (χ3v) is 4.15. The molecule has 2 aromatic carbocycles. The van der Waals surface area contributed by atoms with E-state index in [1.54, 1.807) is 12.1 Å². The van der Waals surface area contributed by atoms with E-state index in [0.29, 0.717) is 17.1 Å². The Labute approximate surface area is 132 Å². The Morgan fingerprint density at radius 1 is 1.20 bits per heavy atom. The molecule has 0 aliphatic heterocycles. The van der Waals surface area contributed by atoms with E-state index in [2.05, 4.69) is 40.3 Å². The maximum absolute atomic E-state index is 13.7. The van der Waals surface area contributed by atoms with E-state index in [4.69, 9.17) is 11.6 Å². The van der Waals surface area contributed by atoms with Crippen molar-refractivity contribution in [1.29, 1.82) is 0 Å². The molecule has 1 unspecified atom stereocenters. The minimum atomic E-state index is -0.268. The first kappa shape index (κ1) is 15.5. The third kappa shape index (κ3) is 3.81. The van der Waals surface area contributed by atoms with Gasteiger partial charge in [0.25, 0.3) is 0 Å². The first-order chi connectivity index (χ1) is 9.61. The lowest BCUT2D eigenvalue weighted by molar-refractivity contribution is 0.504. The second kappa shape index (κ2) is 7.21. The minimum Gasteiger partial charge on any atom is -0.306 e. The molecule has 1 atom stereocenters. The minimum absolute atomic E-state index is 0.179. The zero-order chi connectivity index (χ0) is 14.5. The number of halogens is 3. The van der Waals surface area contributed by atoms with E-state index >= 15 is 0 Å². The van der Waals surface area contributed by atoms with Crippen LogP contribution in [0.4, 0.5) is 4.39 Å². The summed E-state index contributed by atoms with van der Waals surface area (Å²) in [6.45, 7) is 2.52. The van der Waals surface area contributed by atoms with Gasteiger partial charge in [-0.15, -0.1) is 0 Å². The van der Waals surface area contributed by atoms with Gasteiger partial charge in [0.15, 0.2) is 0 Å². The second-order valence-corrected chi connectivity index (χ2v) is 5.92. The highest BCUT2D eigenvalue weighted by Crippen LogP contribution is 2.23. The number of hydrogen-bond donors (Lipinski definition) is 1. The standard InChI is InChI=1S/C16H16BrClFN/c1-2-16(11-6-8-12(17)9-7-11)20-10-13-14(18)4-3-5-15(13)19/h3-9,16,20H,2,10H2,1H3. The van der Waals surface area contributed by atoms with E-state index in [1.165, 1.54) is 11.6 Å². The highest BCUT2D eigenvalue weighted by atomic mass is 79.9. The van der Waals surface area contributed by atoms with Crippen LogP contribution in [-0.2, 0) is 6.54 Å². The van der Waals surface area contributed by atoms with Gasteiger partial charge in [0, 0.05) is 27.6 Å². The summed E-state index contributed by atoms with van der Waals surface area (Å²) in [5.41, 5.74) is 1.70. The molecule has 0 bridgehead atoms. The Bertz CT molecular complexity index is 551. The molecule has 0 saturated carbocycles. The summed E-state index contributed by atoms with van der Waals surface area (Å²) >= 11 is 9.46. The summed E-state index contributed by atoms with van der Waals surface area (Å²) in [6, 6.07) is 13.1. The summed E-state index contributed by atoms with van der Waals surface area (Å²) in [6.07, 6.45) is 0.924. The van der Waals surface area contributed by atoms with Gasteiger partial charge in [-0.3, -0.25) is 0 Å². The predicted molar refractivity (Wildman–Crippen MR) is 85.4 cm³/mol.